The van der Waals surface area contributed by atoms with Crippen molar-refractivity contribution in [1.29, 1.82) is 0 Å². The van der Waals surface area contributed by atoms with Gasteiger partial charge in [0.05, 0.1) is 19.2 Å². The van der Waals surface area contributed by atoms with Crippen LogP contribution in [0.2, 0.25) is 0 Å². The van der Waals surface area contributed by atoms with Gasteiger partial charge in [0.15, 0.2) is 0 Å². The third-order valence-corrected chi connectivity index (χ3v) is 5.45. The third kappa shape index (κ3) is 5.21. The van der Waals surface area contributed by atoms with Crippen LogP contribution in [0, 0.1) is 0 Å². The van der Waals surface area contributed by atoms with Crippen molar-refractivity contribution in [3.63, 3.8) is 0 Å². The molecule has 1 saturated heterocycles. The second kappa shape index (κ2) is 8.41. The molecule has 0 aliphatic carbocycles. The summed E-state index contributed by atoms with van der Waals surface area (Å²) in [5, 5.41) is 0. The highest BCUT2D eigenvalue weighted by Gasteiger charge is 2.21. The first-order valence-electron chi connectivity index (χ1n) is 8.72. The molecule has 0 atom stereocenters. The number of hydrogen-bond acceptors (Lipinski definition) is 5. The van der Waals surface area contributed by atoms with Crippen LogP contribution in [0.15, 0.2) is 54.6 Å². The quantitative estimate of drug-likeness (QED) is 0.816. The maximum absolute atomic E-state index is 12.4. The standard InChI is InChI=1S/C19H23N3O4S/c1-26-27(24,25)20-17-7-9-18(10-8-17)21-11-13-22(14-12-21)19(23)15-16-5-3-2-4-6-16/h2-10,20H,11-15H2,1H3. The summed E-state index contributed by atoms with van der Waals surface area (Å²) >= 11 is 0. The summed E-state index contributed by atoms with van der Waals surface area (Å²) in [6.45, 7) is 2.82. The molecule has 144 valence electrons. The summed E-state index contributed by atoms with van der Waals surface area (Å²) in [6.07, 6.45) is 0.426. The van der Waals surface area contributed by atoms with E-state index in [2.05, 4.69) is 13.8 Å². The number of carbonyl (C=O) groups is 1. The molecule has 0 spiro atoms. The number of rotatable bonds is 6. The summed E-state index contributed by atoms with van der Waals surface area (Å²) in [6, 6.07) is 16.9. The number of hydrogen-bond donors (Lipinski definition) is 1. The fourth-order valence-electron chi connectivity index (χ4n) is 3.02. The maximum Gasteiger partial charge on any atom is 0.359 e. The van der Waals surface area contributed by atoms with Gasteiger partial charge in [-0.1, -0.05) is 30.3 Å². The Labute approximate surface area is 159 Å². The molecule has 7 nitrogen and oxygen atoms in total. The van der Waals surface area contributed by atoms with Crippen molar-refractivity contribution >= 4 is 27.6 Å². The minimum Gasteiger partial charge on any atom is -0.368 e. The van der Waals surface area contributed by atoms with E-state index in [1.807, 2.05) is 47.4 Å². The number of benzene rings is 2. The van der Waals surface area contributed by atoms with E-state index in [1.54, 1.807) is 12.1 Å². The predicted molar refractivity (Wildman–Crippen MR) is 105 cm³/mol. The van der Waals surface area contributed by atoms with Crippen molar-refractivity contribution in [2.45, 2.75) is 6.42 Å². The molecule has 1 heterocycles. The predicted octanol–water partition coefficient (Wildman–Crippen LogP) is 1.88. The molecule has 2 aromatic rings. The smallest absolute Gasteiger partial charge is 0.359 e. The Morgan fingerprint density at radius 2 is 1.63 bits per heavy atom. The lowest BCUT2D eigenvalue weighted by atomic mass is 10.1. The van der Waals surface area contributed by atoms with Gasteiger partial charge in [0.25, 0.3) is 0 Å². The van der Waals surface area contributed by atoms with Crippen molar-refractivity contribution in [2.24, 2.45) is 0 Å². The molecule has 0 radical (unpaired) electrons. The fourth-order valence-corrected chi connectivity index (χ4v) is 3.53. The zero-order valence-corrected chi connectivity index (χ0v) is 16.0. The summed E-state index contributed by atoms with van der Waals surface area (Å²) in [7, 11) is -2.65. The van der Waals surface area contributed by atoms with Crippen LogP contribution >= 0.6 is 0 Å². The Bertz CT molecular complexity index is 862. The maximum atomic E-state index is 12.4. The molecule has 1 N–H and O–H groups in total. The molecule has 0 unspecified atom stereocenters. The average Bonchev–Trinajstić information content (AvgIpc) is 2.69. The van der Waals surface area contributed by atoms with Crippen LogP contribution in [0.25, 0.3) is 0 Å². The summed E-state index contributed by atoms with van der Waals surface area (Å²) in [4.78, 5) is 16.5. The average molecular weight is 389 g/mol. The molecule has 0 bridgehead atoms. The van der Waals surface area contributed by atoms with Gasteiger partial charge in [-0.05, 0) is 29.8 Å². The zero-order chi connectivity index (χ0) is 19.3. The second-order valence-corrected chi connectivity index (χ2v) is 7.75. The van der Waals surface area contributed by atoms with E-state index in [1.165, 1.54) is 0 Å². The van der Waals surface area contributed by atoms with E-state index in [-0.39, 0.29) is 5.91 Å². The van der Waals surface area contributed by atoms with Crippen molar-refractivity contribution in [3.8, 4) is 0 Å². The Morgan fingerprint density at radius 1 is 1.00 bits per heavy atom. The van der Waals surface area contributed by atoms with Gasteiger partial charge >= 0.3 is 10.3 Å². The fraction of sp³-hybridized carbons (Fsp3) is 0.316. The van der Waals surface area contributed by atoms with E-state index in [0.29, 0.717) is 25.2 Å². The van der Waals surface area contributed by atoms with Crippen LogP contribution in [0.3, 0.4) is 0 Å². The van der Waals surface area contributed by atoms with E-state index >= 15 is 0 Å². The lowest BCUT2D eigenvalue weighted by molar-refractivity contribution is -0.130. The van der Waals surface area contributed by atoms with E-state index < -0.39 is 10.3 Å². The Morgan fingerprint density at radius 3 is 2.22 bits per heavy atom. The molecule has 27 heavy (non-hydrogen) atoms. The SMILES string of the molecule is COS(=O)(=O)Nc1ccc(N2CCN(C(=O)Cc3ccccc3)CC2)cc1. The van der Waals surface area contributed by atoms with Crippen LogP contribution in [-0.2, 0) is 25.7 Å². The van der Waals surface area contributed by atoms with Gasteiger partial charge in [0.2, 0.25) is 5.91 Å². The Kier molecular flexibility index (Phi) is 5.98. The van der Waals surface area contributed by atoms with Crippen LogP contribution in [-0.4, -0.2) is 52.5 Å². The van der Waals surface area contributed by atoms with Gasteiger partial charge in [-0.25, -0.2) is 0 Å². The molecule has 0 aromatic heterocycles. The lowest BCUT2D eigenvalue weighted by Crippen LogP contribution is -2.49. The number of nitrogens with one attached hydrogen (secondary N) is 1. The third-order valence-electron chi connectivity index (χ3n) is 4.53. The number of amides is 1. The summed E-state index contributed by atoms with van der Waals surface area (Å²) in [5.41, 5.74) is 2.46. The van der Waals surface area contributed by atoms with Crippen molar-refractivity contribution in [1.82, 2.24) is 4.90 Å². The second-order valence-electron chi connectivity index (χ2n) is 6.30. The monoisotopic (exact) mass is 389 g/mol. The number of carbonyl (C=O) groups excluding carboxylic acids is 1. The van der Waals surface area contributed by atoms with Crippen molar-refractivity contribution < 1.29 is 17.4 Å². The summed E-state index contributed by atoms with van der Waals surface area (Å²) in [5.74, 6) is 0.144. The Balaban J connectivity index is 1.53. The molecule has 1 aliphatic rings. The van der Waals surface area contributed by atoms with Gasteiger partial charge in [-0.15, -0.1) is 0 Å². The van der Waals surface area contributed by atoms with Crippen LogP contribution in [0.5, 0.6) is 0 Å². The van der Waals surface area contributed by atoms with E-state index in [9.17, 15) is 13.2 Å². The minimum atomic E-state index is -3.76. The lowest BCUT2D eigenvalue weighted by Gasteiger charge is -2.36. The molecule has 1 amide bonds. The van der Waals surface area contributed by atoms with E-state index in [0.717, 1.165) is 31.5 Å². The highest BCUT2D eigenvalue weighted by molar-refractivity contribution is 7.88. The molecule has 1 fully saturated rings. The first-order chi connectivity index (χ1) is 13.0. The highest BCUT2D eigenvalue weighted by Crippen LogP contribution is 2.20. The molecule has 2 aromatic carbocycles. The molecular formula is C19H23N3O4S. The molecule has 3 rings (SSSR count). The van der Waals surface area contributed by atoms with Crippen LogP contribution < -0.4 is 9.62 Å². The number of piperazine rings is 1. The number of nitrogens with zero attached hydrogens (tertiary/aromatic N) is 2. The molecule has 1 aliphatic heterocycles. The Hall–Kier alpha value is -2.58. The topological polar surface area (TPSA) is 79.0 Å². The highest BCUT2D eigenvalue weighted by atomic mass is 32.2. The number of anilines is 2. The zero-order valence-electron chi connectivity index (χ0n) is 15.2. The van der Waals surface area contributed by atoms with Gasteiger partial charge in [0, 0.05) is 31.9 Å². The first kappa shape index (κ1) is 19.2. The van der Waals surface area contributed by atoms with Gasteiger partial charge < -0.3 is 9.80 Å². The van der Waals surface area contributed by atoms with Gasteiger partial charge in [-0.3, -0.25) is 13.7 Å². The minimum absolute atomic E-state index is 0.144. The summed E-state index contributed by atoms with van der Waals surface area (Å²) < 4.78 is 29.5. The molecule has 0 saturated carbocycles. The largest absolute Gasteiger partial charge is 0.368 e. The molecular weight excluding hydrogens is 366 g/mol. The van der Waals surface area contributed by atoms with Crippen molar-refractivity contribution in [2.75, 3.05) is 42.9 Å². The molecule has 8 heteroatoms. The normalized spacial score (nSPS) is 14.9. The van der Waals surface area contributed by atoms with Crippen LogP contribution in [0.1, 0.15) is 5.56 Å². The van der Waals surface area contributed by atoms with Crippen molar-refractivity contribution in [3.05, 3.63) is 60.2 Å². The van der Waals surface area contributed by atoms with Crippen LogP contribution in [0.4, 0.5) is 11.4 Å². The first-order valence-corrected chi connectivity index (χ1v) is 10.1. The van der Waals surface area contributed by atoms with Gasteiger partial charge in [0.1, 0.15) is 0 Å². The van der Waals surface area contributed by atoms with Gasteiger partial charge in [-0.2, -0.15) is 8.42 Å². The van der Waals surface area contributed by atoms with E-state index in [4.69, 9.17) is 0 Å².